The fourth-order valence-corrected chi connectivity index (χ4v) is 7.30. The smallest absolute Gasteiger partial charge is 0.246 e. The minimum absolute atomic E-state index is 0. The first kappa shape index (κ1) is 28.4. The summed E-state index contributed by atoms with van der Waals surface area (Å²) >= 11 is 1.67. The van der Waals surface area contributed by atoms with Gasteiger partial charge < -0.3 is 15.0 Å². The van der Waals surface area contributed by atoms with E-state index in [2.05, 4.69) is 45.9 Å². The summed E-state index contributed by atoms with van der Waals surface area (Å²) in [5.74, 6) is 2.43. The van der Waals surface area contributed by atoms with Gasteiger partial charge in [0.15, 0.2) is 0 Å². The van der Waals surface area contributed by atoms with Crippen LogP contribution < -0.4 is 10.1 Å². The number of benzene rings is 1. The maximum Gasteiger partial charge on any atom is 0.246 e. The number of amides is 2. The molecular weight excluding hydrogens is 530 g/mol. The molecule has 39 heavy (non-hydrogen) atoms. The third kappa shape index (κ3) is 6.63. The van der Waals surface area contributed by atoms with Gasteiger partial charge in [0.2, 0.25) is 11.8 Å². The summed E-state index contributed by atoms with van der Waals surface area (Å²) in [7, 11) is 0. The van der Waals surface area contributed by atoms with Crippen LogP contribution in [0, 0.1) is 11.8 Å². The zero-order valence-electron chi connectivity index (χ0n) is 22.8. The van der Waals surface area contributed by atoms with Gasteiger partial charge in [0, 0.05) is 24.5 Å². The van der Waals surface area contributed by atoms with E-state index >= 15 is 0 Å². The number of ether oxygens (including phenoxy) is 1. The number of nitrogens with one attached hydrogen (secondary N) is 1. The minimum Gasteiger partial charge on any atom is -0.493 e. The number of piperidine rings is 1. The lowest BCUT2D eigenvalue weighted by Crippen LogP contribution is -2.72. The molecule has 212 valence electrons. The number of likely N-dealkylation sites (tertiary alicyclic amines) is 1. The SMILES string of the molecule is Cl.O=C1C(CC2CCCCC2)NC(=O)C2(CCN(Cc3ccc(OCC4CC4)cc3)CC2)N1Cc1cccs1. The monoisotopic (exact) mass is 571 g/mol. The lowest BCUT2D eigenvalue weighted by atomic mass is 9.79. The van der Waals surface area contributed by atoms with E-state index in [0.717, 1.165) is 49.2 Å². The molecule has 1 unspecified atom stereocenters. The molecule has 1 atom stereocenters. The lowest BCUT2D eigenvalue weighted by Gasteiger charge is -2.52. The number of thiophene rings is 1. The highest BCUT2D eigenvalue weighted by molar-refractivity contribution is 7.09. The molecule has 2 aliphatic carbocycles. The van der Waals surface area contributed by atoms with Crippen LogP contribution in [-0.4, -0.2) is 52.9 Å². The largest absolute Gasteiger partial charge is 0.493 e. The number of hydrogen-bond donors (Lipinski definition) is 1. The molecule has 2 aliphatic heterocycles. The second kappa shape index (κ2) is 12.6. The Morgan fingerprint density at radius 3 is 2.33 bits per heavy atom. The predicted molar refractivity (Wildman–Crippen MR) is 157 cm³/mol. The quantitative estimate of drug-likeness (QED) is 0.414. The van der Waals surface area contributed by atoms with Crippen LogP contribution in [0.1, 0.15) is 74.6 Å². The molecule has 2 saturated carbocycles. The Labute approximate surface area is 242 Å². The van der Waals surface area contributed by atoms with Crippen molar-refractivity contribution in [2.45, 2.75) is 88.9 Å². The van der Waals surface area contributed by atoms with E-state index in [9.17, 15) is 9.59 Å². The summed E-state index contributed by atoms with van der Waals surface area (Å²) in [5, 5.41) is 5.28. The number of nitrogens with zero attached hydrogens (tertiary/aromatic N) is 2. The summed E-state index contributed by atoms with van der Waals surface area (Å²) in [6.45, 7) is 3.82. The Hall–Kier alpha value is -2.09. The maximum atomic E-state index is 13.9. The molecule has 1 aromatic carbocycles. The van der Waals surface area contributed by atoms with Crippen molar-refractivity contribution in [2.24, 2.45) is 11.8 Å². The molecule has 1 aromatic heterocycles. The molecule has 6 nitrogen and oxygen atoms in total. The van der Waals surface area contributed by atoms with Gasteiger partial charge in [-0.2, -0.15) is 0 Å². The molecule has 2 aromatic rings. The van der Waals surface area contributed by atoms with Gasteiger partial charge in [-0.1, -0.05) is 50.3 Å². The van der Waals surface area contributed by atoms with Crippen molar-refractivity contribution in [3.63, 3.8) is 0 Å². The van der Waals surface area contributed by atoms with E-state index in [4.69, 9.17) is 4.74 Å². The summed E-state index contributed by atoms with van der Waals surface area (Å²) in [6.07, 6.45) is 10.9. The average molecular weight is 572 g/mol. The van der Waals surface area contributed by atoms with Crippen molar-refractivity contribution in [1.82, 2.24) is 15.1 Å². The number of piperazine rings is 1. The van der Waals surface area contributed by atoms with Crippen molar-refractivity contribution >= 4 is 35.6 Å². The third-order valence-corrected chi connectivity index (χ3v) is 10.1. The molecule has 3 heterocycles. The molecule has 4 fully saturated rings. The molecular formula is C31H42ClN3O3S. The minimum atomic E-state index is -0.749. The van der Waals surface area contributed by atoms with Crippen LogP contribution in [0.5, 0.6) is 5.75 Å². The summed E-state index contributed by atoms with van der Waals surface area (Å²) in [6, 6.07) is 12.2. The Bertz CT molecular complexity index is 1090. The van der Waals surface area contributed by atoms with Crippen LogP contribution in [0.15, 0.2) is 41.8 Å². The zero-order chi connectivity index (χ0) is 26.0. The van der Waals surface area contributed by atoms with Crippen molar-refractivity contribution in [3.05, 3.63) is 52.2 Å². The molecule has 0 radical (unpaired) electrons. The van der Waals surface area contributed by atoms with Crippen molar-refractivity contribution in [1.29, 1.82) is 0 Å². The van der Waals surface area contributed by atoms with Crippen molar-refractivity contribution < 1.29 is 14.3 Å². The molecule has 2 saturated heterocycles. The van der Waals surface area contributed by atoms with Crippen LogP contribution in [0.2, 0.25) is 0 Å². The number of hydrogen-bond acceptors (Lipinski definition) is 5. The zero-order valence-corrected chi connectivity index (χ0v) is 24.4. The van der Waals surface area contributed by atoms with Crippen molar-refractivity contribution in [2.75, 3.05) is 19.7 Å². The van der Waals surface area contributed by atoms with Crippen molar-refractivity contribution in [3.8, 4) is 5.75 Å². The number of carbonyl (C=O) groups excluding carboxylic acids is 2. The Balaban J connectivity index is 0.00000308. The summed E-state index contributed by atoms with van der Waals surface area (Å²) < 4.78 is 5.89. The molecule has 4 aliphatic rings. The van der Waals surface area contributed by atoms with Crippen LogP contribution >= 0.6 is 23.7 Å². The van der Waals surface area contributed by atoms with Crippen LogP contribution in [0.3, 0.4) is 0 Å². The van der Waals surface area contributed by atoms with E-state index in [1.54, 1.807) is 11.3 Å². The normalized spacial score (nSPS) is 23.9. The summed E-state index contributed by atoms with van der Waals surface area (Å²) in [4.78, 5) is 33.3. The van der Waals surface area contributed by atoms with E-state index in [-0.39, 0.29) is 30.3 Å². The molecule has 1 N–H and O–H groups in total. The number of carbonyl (C=O) groups is 2. The van der Waals surface area contributed by atoms with Gasteiger partial charge in [-0.05, 0) is 73.1 Å². The van der Waals surface area contributed by atoms with E-state index in [0.29, 0.717) is 25.3 Å². The fraction of sp³-hybridized carbons (Fsp3) is 0.613. The van der Waals surface area contributed by atoms with Gasteiger partial charge in [-0.25, -0.2) is 0 Å². The highest BCUT2D eigenvalue weighted by Gasteiger charge is 2.53. The Morgan fingerprint density at radius 2 is 1.67 bits per heavy atom. The first-order valence-corrected chi connectivity index (χ1v) is 15.6. The number of halogens is 1. The average Bonchev–Trinajstić information content (AvgIpc) is 3.63. The van der Waals surface area contributed by atoms with Crippen LogP contribution in [-0.2, 0) is 22.7 Å². The Kier molecular flexibility index (Phi) is 9.20. The van der Waals surface area contributed by atoms with Gasteiger partial charge in [0.1, 0.15) is 17.3 Å². The van der Waals surface area contributed by atoms with Gasteiger partial charge in [-0.15, -0.1) is 23.7 Å². The highest BCUT2D eigenvalue weighted by atomic mass is 35.5. The molecule has 6 rings (SSSR count). The van der Waals surface area contributed by atoms with E-state index in [1.807, 2.05) is 11.0 Å². The van der Waals surface area contributed by atoms with Crippen LogP contribution in [0.25, 0.3) is 0 Å². The first-order valence-electron chi connectivity index (χ1n) is 14.7. The van der Waals surface area contributed by atoms with E-state index in [1.165, 1.54) is 50.5 Å². The lowest BCUT2D eigenvalue weighted by molar-refractivity contribution is -0.162. The second-order valence-corrected chi connectivity index (χ2v) is 13.0. The van der Waals surface area contributed by atoms with Gasteiger partial charge >= 0.3 is 0 Å². The maximum absolute atomic E-state index is 13.9. The first-order chi connectivity index (χ1) is 18.6. The topological polar surface area (TPSA) is 61.9 Å². The standard InChI is InChI=1S/C31H41N3O3S.ClH/c35-29-28(19-23-5-2-1-3-6-23)32-30(36)31(34(29)21-27-7-4-18-38-27)14-16-33(17-15-31)20-24-10-12-26(13-11-24)37-22-25-8-9-25;/h4,7,10-13,18,23,25,28H,1-3,5-6,8-9,14-17,19-22H2,(H,32,36);1H. The van der Waals surface area contributed by atoms with Gasteiger partial charge in [-0.3, -0.25) is 14.5 Å². The fourth-order valence-electron chi connectivity index (χ4n) is 6.61. The van der Waals surface area contributed by atoms with E-state index < -0.39 is 5.54 Å². The molecule has 8 heteroatoms. The highest BCUT2D eigenvalue weighted by Crippen LogP contribution is 2.37. The molecule has 0 bridgehead atoms. The van der Waals surface area contributed by atoms with Gasteiger partial charge in [0.05, 0.1) is 13.2 Å². The van der Waals surface area contributed by atoms with Crippen LogP contribution in [0.4, 0.5) is 0 Å². The van der Waals surface area contributed by atoms with Gasteiger partial charge in [0.25, 0.3) is 0 Å². The predicted octanol–water partition coefficient (Wildman–Crippen LogP) is 5.79. The number of rotatable bonds is 9. The summed E-state index contributed by atoms with van der Waals surface area (Å²) in [5.41, 5.74) is 0.508. The molecule has 1 spiro atoms. The second-order valence-electron chi connectivity index (χ2n) is 12.0. The molecule has 2 amide bonds. The third-order valence-electron chi connectivity index (χ3n) is 9.19. The Morgan fingerprint density at radius 1 is 0.923 bits per heavy atom.